The van der Waals surface area contributed by atoms with Crippen LogP contribution in [0.15, 0.2) is 16.9 Å². The molecule has 0 aliphatic carbocycles. The van der Waals surface area contributed by atoms with Crippen molar-refractivity contribution in [2.24, 2.45) is 0 Å². The zero-order chi connectivity index (χ0) is 16.2. The van der Waals surface area contributed by atoms with E-state index in [0.29, 0.717) is 5.82 Å². The highest BCUT2D eigenvalue weighted by Crippen LogP contribution is 2.27. The molecular weight excluding hydrogens is 274 g/mol. The van der Waals surface area contributed by atoms with E-state index in [9.17, 15) is 13.6 Å². The topological polar surface area (TPSA) is 34.9 Å². The monoisotopic (exact) mass is 294 g/mol. The predicted octanol–water partition coefficient (Wildman–Crippen LogP) is 3.73. The summed E-state index contributed by atoms with van der Waals surface area (Å²) in [5.41, 5.74) is -1.81. The fourth-order valence-electron chi connectivity index (χ4n) is 2.34. The molecule has 0 atom stereocenters. The van der Waals surface area contributed by atoms with Crippen molar-refractivity contribution in [1.82, 2.24) is 9.55 Å². The normalized spacial score (nSPS) is 13.0. The van der Waals surface area contributed by atoms with Crippen LogP contribution in [0.2, 0.25) is 0 Å². The van der Waals surface area contributed by atoms with Crippen LogP contribution in [0.4, 0.5) is 8.78 Å². The van der Waals surface area contributed by atoms with E-state index >= 15 is 0 Å². The van der Waals surface area contributed by atoms with Crippen molar-refractivity contribution in [2.75, 3.05) is 0 Å². The van der Waals surface area contributed by atoms with Crippen LogP contribution in [-0.2, 0) is 11.0 Å². The summed E-state index contributed by atoms with van der Waals surface area (Å²) in [6, 6.07) is 1.96. The second-order valence-electron chi connectivity index (χ2n) is 7.25. The summed E-state index contributed by atoms with van der Waals surface area (Å²) in [6.45, 7) is 11.2. The summed E-state index contributed by atoms with van der Waals surface area (Å²) in [5.74, 6) is -0.991. The molecule has 2 rings (SSSR count). The third kappa shape index (κ3) is 2.57. The molecule has 3 nitrogen and oxygen atoms in total. The molecule has 0 bridgehead atoms. The van der Waals surface area contributed by atoms with Gasteiger partial charge in [-0.15, -0.1) is 0 Å². The Kier molecular flexibility index (Phi) is 3.43. The van der Waals surface area contributed by atoms with E-state index in [1.807, 2.05) is 41.5 Å². The lowest BCUT2D eigenvalue weighted by Crippen LogP contribution is -2.41. The Morgan fingerprint density at radius 2 is 1.52 bits per heavy atom. The van der Waals surface area contributed by atoms with Gasteiger partial charge >= 0.3 is 0 Å². The lowest BCUT2D eigenvalue weighted by atomic mass is 9.93. The highest BCUT2D eigenvalue weighted by molar-refractivity contribution is 5.79. The van der Waals surface area contributed by atoms with Gasteiger partial charge in [-0.1, -0.05) is 20.8 Å². The molecule has 1 aromatic carbocycles. The molecule has 0 radical (unpaired) electrons. The van der Waals surface area contributed by atoms with Crippen LogP contribution in [0.25, 0.3) is 10.9 Å². The van der Waals surface area contributed by atoms with Crippen LogP contribution in [0.5, 0.6) is 0 Å². The SMILES string of the molecule is CC(C)(C)c1nc2c(F)ccc(F)c2c(=O)n1C(C)(C)C. The van der Waals surface area contributed by atoms with E-state index in [0.717, 1.165) is 12.1 Å². The Morgan fingerprint density at radius 3 is 2.00 bits per heavy atom. The lowest BCUT2D eigenvalue weighted by molar-refractivity contribution is 0.337. The maximum Gasteiger partial charge on any atom is 0.264 e. The maximum atomic E-state index is 14.0. The standard InChI is InChI=1S/C16H20F2N2O/c1-15(2,3)14-19-12-10(18)8-7-9(17)11(12)13(21)20(14)16(4,5)6/h7-8H,1-6H3. The summed E-state index contributed by atoms with van der Waals surface area (Å²) in [5, 5.41) is -0.294. The molecule has 1 heterocycles. The fraction of sp³-hybridized carbons (Fsp3) is 0.500. The highest BCUT2D eigenvalue weighted by Gasteiger charge is 2.29. The first-order valence-corrected chi connectivity index (χ1v) is 6.86. The molecule has 0 fully saturated rings. The van der Waals surface area contributed by atoms with Crippen molar-refractivity contribution >= 4 is 10.9 Å². The highest BCUT2D eigenvalue weighted by atomic mass is 19.1. The number of nitrogens with zero attached hydrogens (tertiary/aromatic N) is 2. The van der Waals surface area contributed by atoms with E-state index in [4.69, 9.17) is 0 Å². The zero-order valence-electron chi connectivity index (χ0n) is 13.2. The number of fused-ring (bicyclic) bond motifs is 1. The average Bonchev–Trinajstić information content (AvgIpc) is 2.30. The van der Waals surface area contributed by atoms with E-state index < -0.39 is 28.1 Å². The fourth-order valence-corrected chi connectivity index (χ4v) is 2.34. The van der Waals surface area contributed by atoms with Gasteiger partial charge in [0.15, 0.2) is 0 Å². The van der Waals surface area contributed by atoms with Gasteiger partial charge in [-0.25, -0.2) is 13.8 Å². The minimum atomic E-state index is -0.748. The van der Waals surface area contributed by atoms with Gasteiger partial charge in [-0.2, -0.15) is 0 Å². The molecule has 21 heavy (non-hydrogen) atoms. The smallest absolute Gasteiger partial charge is 0.264 e. The van der Waals surface area contributed by atoms with E-state index in [1.165, 1.54) is 4.57 Å². The number of halogens is 2. The third-order valence-corrected chi connectivity index (χ3v) is 3.27. The first-order valence-electron chi connectivity index (χ1n) is 6.86. The van der Waals surface area contributed by atoms with Gasteiger partial charge in [0.2, 0.25) is 0 Å². The van der Waals surface area contributed by atoms with Crippen molar-refractivity contribution in [3.05, 3.63) is 39.9 Å². The molecule has 0 amide bonds. The lowest BCUT2D eigenvalue weighted by Gasteiger charge is -2.31. The summed E-state index contributed by atoms with van der Waals surface area (Å²) >= 11 is 0. The summed E-state index contributed by atoms with van der Waals surface area (Å²) in [6.07, 6.45) is 0. The second kappa shape index (κ2) is 4.61. The van der Waals surface area contributed by atoms with Gasteiger partial charge in [0.25, 0.3) is 5.56 Å². The molecule has 0 aliphatic heterocycles. The quantitative estimate of drug-likeness (QED) is 0.742. The minimum Gasteiger partial charge on any atom is -0.290 e. The molecule has 2 aromatic rings. The van der Waals surface area contributed by atoms with Gasteiger partial charge in [0.1, 0.15) is 28.4 Å². The van der Waals surface area contributed by atoms with Gasteiger partial charge < -0.3 is 0 Å². The number of rotatable bonds is 0. The number of hydrogen-bond acceptors (Lipinski definition) is 2. The third-order valence-electron chi connectivity index (χ3n) is 3.27. The molecule has 0 saturated heterocycles. The number of aromatic nitrogens is 2. The molecule has 5 heteroatoms. The predicted molar refractivity (Wildman–Crippen MR) is 79.6 cm³/mol. The largest absolute Gasteiger partial charge is 0.290 e. The van der Waals surface area contributed by atoms with Crippen LogP contribution in [0.3, 0.4) is 0 Å². The Bertz CT molecular complexity index is 765. The molecule has 0 saturated carbocycles. The molecule has 0 aliphatic rings. The van der Waals surface area contributed by atoms with Crippen molar-refractivity contribution in [2.45, 2.75) is 52.5 Å². The van der Waals surface area contributed by atoms with Crippen LogP contribution >= 0.6 is 0 Å². The molecule has 0 N–H and O–H groups in total. The van der Waals surface area contributed by atoms with Crippen molar-refractivity contribution in [1.29, 1.82) is 0 Å². The van der Waals surface area contributed by atoms with Gasteiger partial charge in [-0.3, -0.25) is 9.36 Å². The van der Waals surface area contributed by atoms with Gasteiger partial charge in [0, 0.05) is 11.0 Å². The van der Waals surface area contributed by atoms with Gasteiger partial charge in [-0.05, 0) is 32.9 Å². The van der Waals surface area contributed by atoms with Crippen molar-refractivity contribution in [3.8, 4) is 0 Å². The molecule has 114 valence electrons. The number of benzene rings is 1. The first-order chi connectivity index (χ1) is 9.44. The molecular formula is C16H20F2N2O. The van der Waals surface area contributed by atoms with Crippen LogP contribution in [-0.4, -0.2) is 9.55 Å². The Balaban J connectivity index is 3.11. The molecule has 1 aromatic heterocycles. The Hall–Kier alpha value is -1.78. The summed E-state index contributed by atoms with van der Waals surface area (Å²) in [7, 11) is 0. The molecule has 0 unspecified atom stereocenters. The first kappa shape index (κ1) is 15.6. The second-order valence-corrected chi connectivity index (χ2v) is 7.25. The summed E-state index contributed by atoms with van der Waals surface area (Å²) < 4.78 is 29.4. The van der Waals surface area contributed by atoms with E-state index in [2.05, 4.69) is 4.98 Å². The minimum absolute atomic E-state index is 0.203. The summed E-state index contributed by atoms with van der Waals surface area (Å²) in [4.78, 5) is 17.0. The van der Waals surface area contributed by atoms with Crippen molar-refractivity contribution < 1.29 is 8.78 Å². The maximum absolute atomic E-state index is 14.0. The average molecular weight is 294 g/mol. The Morgan fingerprint density at radius 1 is 1.00 bits per heavy atom. The van der Waals surface area contributed by atoms with Crippen LogP contribution in [0, 0.1) is 11.6 Å². The molecule has 0 spiro atoms. The van der Waals surface area contributed by atoms with Crippen molar-refractivity contribution in [3.63, 3.8) is 0 Å². The van der Waals surface area contributed by atoms with E-state index in [1.54, 1.807) is 0 Å². The van der Waals surface area contributed by atoms with Crippen LogP contribution in [0.1, 0.15) is 47.4 Å². The number of hydrogen-bond donors (Lipinski definition) is 0. The van der Waals surface area contributed by atoms with Crippen LogP contribution < -0.4 is 5.56 Å². The van der Waals surface area contributed by atoms with Gasteiger partial charge in [0.05, 0.1) is 0 Å². The Labute approximate surface area is 122 Å². The zero-order valence-corrected chi connectivity index (χ0v) is 13.2. The van der Waals surface area contributed by atoms with E-state index in [-0.39, 0.29) is 10.9 Å².